The molecule has 0 aromatic heterocycles. The van der Waals surface area contributed by atoms with Crippen LogP contribution in [0.1, 0.15) is 5.56 Å². The van der Waals surface area contributed by atoms with Gasteiger partial charge < -0.3 is 20.1 Å². The first-order chi connectivity index (χ1) is 15.2. The molecule has 0 spiro atoms. The number of alkyl halides is 6. The first-order valence-corrected chi connectivity index (χ1v) is 9.20. The van der Waals surface area contributed by atoms with Crippen LogP contribution in [-0.4, -0.2) is 37.3 Å². The Morgan fingerprint density at radius 3 is 2.09 bits per heavy atom. The van der Waals surface area contributed by atoms with Gasteiger partial charge in [0.1, 0.15) is 5.75 Å². The number of carbonyl (C=O) groups is 2. The molecule has 1 atom stereocenters. The summed E-state index contributed by atoms with van der Waals surface area (Å²) in [4.78, 5) is 24.6. The Balaban J connectivity index is 2.33. The summed E-state index contributed by atoms with van der Waals surface area (Å²) in [5.74, 6) is -2.53. The largest absolute Gasteiger partial charge is 0.573 e. The molecule has 0 saturated carbocycles. The van der Waals surface area contributed by atoms with E-state index in [4.69, 9.17) is 11.6 Å². The maximum Gasteiger partial charge on any atom is 0.573 e. The lowest BCUT2D eigenvalue weighted by Crippen LogP contribution is -2.69. The van der Waals surface area contributed by atoms with Crippen molar-refractivity contribution in [3.8, 4) is 5.75 Å². The van der Waals surface area contributed by atoms with Gasteiger partial charge in [-0.1, -0.05) is 23.7 Å². The first-order valence-electron chi connectivity index (χ1n) is 8.82. The fraction of sp³-hybridized carbons (Fsp3) is 0.263. The third-order valence-electron chi connectivity index (χ3n) is 4.08. The quantitative estimate of drug-likeness (QED) is 0.288. The highest BCUT2D eigenvalue weighted by molar-refractivity contribution is 6.34. The van der Waals surface area contributed by atoms with Crippen LogP contribution in [0, 0.1) is 6.92 Å². The Labute approximate surface area is 188 Å². The molecule has 2 aromatic rings. The summed E-state index contributed by atoms with van der Waals surface area (Å²) >= 11 is 6.02. The topological polar surface area (TPSA) is 88.7 Å². The van der Waals surface area contributed by atoms with Crippen molar-refractivity contribution in [1.29, 1.82) is 0 Å². The number of methoxy groups -OCH3 is 1. The summed E-state index contributed by atoms with van der Waals surface area (Å²) in [5.41, 5.74) is -3.90. The van der Waals surface area contributed by atoms with Gasteiger partial charge in [-0.3, -0.25) is 5.32 Å². The lowest BCUT2D eigenvalue weighted by molar-refractivity contribution is -0.274. The van der Waals surface area contributed by atoms with Crippen LogP contribution in [0.3, 0.4) is 0 Å². The highest BCUT2D eigenvalue weighted by atomic mass is 35.5. The van der Waals surface area contributed by atoms with Crippen LogP contribution in [0.5, 0.6) is 5.75 Å². The normalized spacial score (nSPS) is 13.5. The van der Waals surface area contributed by atoms with Crippen molar-refractivity contribution in [2.45, 2.75) is 25.1 Å². The summed E-state index contributed by atoms with van der Waals surface area (Å²) in [6.45, 7) is 1.51. The monoisotopic (exact) mass is 499 g/mol. The fourth-order valence-corrected chi connectivity index (χ4v) is 2.74. The maximum atomic E-state index is 14.1. The van der Waals surface area contributed by atoms with Gasteiger partial charge in [-0.05, 0) is 42.8 Å². The molecule has 1 unspecified atom stereocenters. The number of halogens is 7. The van der Waals surface area contributed by atoms with Gasteiger partial charge in [0.25, 0.3) is 0 Å². The molecule has 0 aliphatic carbocycles. The van der Waals surface area contributed by atoms with Gasteiger partial charge in [-0.25, -0.2) is 9.59 Å². The van der Waals surface area contributed by atoms with E-state index in [1.54, 1.807) is 0 Å². The number of rotatable bonds is 6. The van der Waals surface area contributed by atoms with Crippen LogP contribution in [-0.2, 0) is 9.53 Å². The molecule has 0 aliphatic rings. The van der Waals surface area contributed by atoms with E-state index >= 15 is 0 Å². The Kier molecular flexibility index (Phi) is 7.57. The van der Waals surface area contributed by atoms with Gasteiger partial charge in [0.2, 0.25) is 0 Å². The van der Waals surface area contributed by atoms with E-state index in [0.717, 1.165) is 30.3 Å². The molecular formula is C19H16ClF6N3O4. The molecule has 2 rings (SSSR count). The van der Waals surface area contributed by atoms with Gasteiger partial charge >= 0.3 is 30.2 Å². The molecule has 2 aromatic carbocycles. The molecule has 7 nitrogen and oxygen atoms in total. The minimum Gasteiger partial charge on any atom is -0.466 e. The van der Waals surface area contributed by atoms with Gasteiger partial charge in [0, 0.05) is 5.69 Å². The van der Waals surface area contributed by atoms with Crippen LogP contribution in [0.25, 0.3) is 0 Å². The number of amides is 2. The zero-order valence-electron chi connectivity index (χ0n) is 16.8. The van der Waals surface area contributed by atoms with Gasteiger partial charge in [0.05, 0.1) is 17.8 Å². The van der Waals surface area contributed by atoms with Crippen molar-refractivity contribution in [1.82, 2.24) is 5.32 Å². The SMILES string of the molecule is COC(=O)C(NC(=O)Nc1ccc(OC(F)(F)F)cc1)(Nc1cccc(C)c1Cl)C(F)(F)F. The summed E-state index contributed by atoms with van der Waals surface area (Å²) in [7, 11) is 0.682. The molecular weight excluding hydrogens is 484 g/mol. The van der Waals surface area contributed by atoms with E-state index in [-0.39, 0.29) is 16.4 Å². The van der Waals surface area contributed by atoms with Crippen molar-refractivity contribution < 1.29 is 45.4 Å². The number of anilines is 2. The summed E-state index contributed by atoms with van der Waals surface area (Å²) in [6, 6.07) is 6.03. The van der Waals surface area contributed by atoms with Crippen molar-refractivity contribution in [2.75, 3.05) is 17.7 Å². The molecule has 33 heavy (non-hydrogen) atoms. The molecule has 0 radical (unpaired) electrons. The van der Waals surface area contributed by atoms with E-state index in [1.807, 2.05) is 10.6 Å². The Hall–Kier alpha value is -3.35. The highest BCUT2D eigenvalue weighted by Gasteiger charge is 2.63. The van der Waals surface area contributed by atoms with Crippen LogP contribution in [0.4, 0.5) is 42.5 Å². The molecule has 0 fully saturated rings. The smallest absolute Gasteiger partial charge is 0.466 e. The van der Waals surface area contributed by atoms with Gasteiger partial charge in [0.15, 0.2) is 0 Å². The van der Waals surface area contributed by atoms with Crippen molar-refractivity contribution >= 4 is 35.0 Å². The van der Waals surface area contributed by atoms with Crippen LogP contribution in [0.15, 0.2) is 42.5 Å². The van der Waals surface area contributed by atoms with E-state index in [9.17, 15) is 35.9 Å². The molecule has 0 aliphatic heterocycles. The number of ether oxygens (including phenoxy) is 2. The number of urea groups is 1. The maximum absolute atomic E-state index is 14.1. The molecule has 180 valence electrons. The summed E-state index contributed by atoms with van der Waals surface area (Å²) < 4.78 is 86.8. The third-order valence-corrected chi connectivity index (χ3v) is 4.58. The first kappa shape index (κ1) is 25.9. The van der Waals surface area contributed by atoms with E-state index in [0.29, 0.717) is 12.7 Å². The highest BCUT2D eigenvalue weighted by Crippen LogP contribution is 2.36. The molecule has 2 amide bonds. The van der Waals surface area contributed by atoms with Crippen LogP contribution >= 0.6 is 11.6 Å². The number of benzene rings is 2. The number of hydrogen-bond acceptors (Lipinski definition) is 5. The van der Waals surface area contributed by atoms with E-state index in [1.165, 1.54) is 24.4 Å². The number of esters is 1. The predicted octanol–water partition coefficient (Wildman–Crippen LogP) is 5.21. The van der Waals surface area contributed by atoms with Crippen molar-refractivity contribution in [3.63, 3.8) is 0 Å². The lowest BCUT2D eigenvalue weighted by atomic mass is 10.1. The Bertz CT molecular complexity index is 1010. The van der Waals surface area contributed by atoms with Crippen molar-refractivity contribution in [3.05, 3.63) is 53.1 Å². The van der Waals surface area contributed by atoms with Gasteiger partial charge in [-0.2, -0.15) is 13.2 Å². The van der Waals surface area contributed by atoms with Crippen LogP contribution < -0.4 is 20.7 Å². The predicted molar refractivity (Wildman–Crippen MR) is 106 cm³/mol. The average Bonchev–Trinajstić information content (AvgIpc) is 2.69. The zero-order valence-corrected chi connectivity index (χ0v) is 17.6. The number of aryl methyl sites for hydroxylation is 1. The molecule has 0 heterocycles. The Morgan fingerprint density at radius 2 is 1.58 bits per heavy atom. The second-order valence-corrected chi connectivity index (χ2v) is 6.83. The van der Waals surface area contributed by atoms with Gasteiger partial charge in [-0.15, -0.1) is 13.2 Å². The zero-order chi connectivity index (χ0) is 25.0. The number of nitrogens with one attached hydrogen (secondary N) is 3. The lowest BCUT2D eigenvalue weighted by Gasteiger charge is -2.35. The minimum atomic E-state index is -5.42. The summed E-state index contributed by atoms with van der Waals surface area (Å²) in [6.07, 6.45) is -10.4. The number of hydrogen-bond donors (Lipinski definition) is 3. The molecule has 3 N–H and O–H groups in total. The summed E-state index contributed by atoms with van der Waals surface area (Å²) in [5, 5.41) is 5.22. The second-order valence-electron chi connectivity index (χ2n) is 6.45. The van der Waals surface area contributed by atoms with E-state index in [2.05, 4.69) is 9.47 Å². The minimum absolute atomic E-state index is 0.141. The third kappa shape index (κ3) is 6.34. The molecule has 14 heteroatoms. The average molecular weight is 500 g/mol. The Morgan fingerprint density at radius 1 is 0.970 bits per heavy atom. The van der Waals surface area contributed by atoms with Crippen molar-refractivity contribution in [2.24, 2.45) is 0 Å². The second kappa shape index (κ2) is 9.65. The molecule has 0 bridgehead atoms. The number of carbonyl (C=O) groups excluding carboxylic acids is 2. The van der Waals surface area contributed by atoms with Crippen LogP contribution in [0.2, 0.25) is 5.02 Å². The fourth-order valence-electron chi connectivity index (χ4n) is 2.56. The molecule has 0 saturated heterocycles. The standard InChI is InChI=1S/C19H16ClF6N3O4/c1-10-4-3-5-13(14(10)20)28-17(15(30)32-2,18(21,22)23)29-16(31)27-11-6-8-12(9-7-11)33-19(24,25)26/h3-9,28H,1-2H3,(H2,27,29,31). The van der Waals surface area contributed by atoms with E-state index < -0.39 is 36.0 Å².